The van der Waals surface area contributed by atoms with E-state index in [4.69, 9.17) is 0 Å². The molecule has 0 spiro atoms. The molecule has 0 aromatic heterocycles. The minimum Gasteiger partial charge on any atom is -0.508 e. The molecule has 10 nitrogen and oxygen atoms in total. The molecule has 0 radical (unpaired) electrons. The summed E-state index contributed by atoms with van der Waals surface area (Å²) in [5.41, 5.74) is 2.64. The number of likely N-dealkylation sites (tertiary alicyclic amines) is 1. The number of aliphatic imine (C=N–C) groups is 1. The van der Waals surface area contributed by atoms with Gasteiger partial charge in [-0.3, -0.25) is 9.79 Å². The Morgan fingerprint density at radius 2 is 1.70 bits per heavy atom. The Bertz CT molecular complexity index is 1330. The molecular formula is C30H36N4O6. The van der Waals surface area contributed by atoms with Gasteiger partial charge in [0.1, 0.15) is 11.7 Å². The van der Waals surface area contributed by atoms with Crippen LogP contribution in [0.15, 0.2) is 64.8 Å². The van der Waals surface area contributed by atoms with E-state index in [2.05, 4.69) is 26.6 Å². The molecule has 212 valence electrons. The maximum atomic E-state index is 12.6. The van der Waals surface area contributed by atoms with Gasteiger partial charge in [0, 0.05) is 29.6 Å². The molecule has 1 saturated heterocycles. The van der Waals surface area contributed by atoms with Crippen LogP contribution in [0.5, 0.6) is 5.75 Å². The van der Waals surface area contributed by atoms with Gasteiger partial charge >= 0.3 is 18.0 Å². The molecule has 2 amide bonds. The van der Waals surface area contributed by atoms with Crippen LogP contribution in [0.1, 0.15) is 56.1 Å². The van der Waals surface area contributed by atoms with Crippen molar-refractivity contribution in [3.63, 3.8) is 0 Å². The molecule has 2 aliphatic rings. The minimum atomic E-state index is -1.22. The Labute approximate surface area is 233 Å². The SMILES string of the molecule is CC1=NC(C)=C(C(=O)O)C(c2cccc(NC(=O)NCCCN3CCC(c4cccc(O)c4)CC3)c2)C1C(=O)O. The summed E-state index contributed by atoms with van der Waals surface area (Å²) in [6.45, 7) is 6.43. The highest BCUT2D eigenvalue weighted by Crippen LogP contribution is 2.39. The highest BCUT2D eigenvalue weighted by Gasteiger charge is 2.41. The van der Waals surface area contributed by atoms with Crippen LogP contribution in [0.25, 0.3) is 0 Å². The molecule has 2 aromatic carbocycles. The van der Waals surface area contributed by atoms with Crippen molar-refractivity contribution in [3.8, 4) is 5.75 Å². The molecule has 0 bridgehead atoms. The maximum absolute atomic E-state index is 12.6. The molecule has 2 atom stereocenters. The zero-order valence-electron chi connectivity index (χ0n) is 22.8. The quantitative estimate of drug-likeness (QED) is 0.291. The van der Waals surface area contributed by atoms with Crippen LogP contribution >= 0.6 is 0 Å². The van der Waals surface area contributed by atoms with Crippen LogP contribution in [0.4, 0.5) is 10.5 Å². The molecule has 2 aromatic rings. The standard InChI is InChI=1S/C30H36N4O6/c1-18-25(28(36)37)27(26(29(38)39)19(2)32-18)22-7-3-8-23(16-22)33-30(40)31-12-5-13-34-14-10-20(11-15-34)21-6-4-9-24(35)17-21/h3-4,6-9,16-17,20,25,27,35H,5,10-15H2,1-2H3,(H,36,37)(H,38,39)(H2,31,33,40). The van der Waals surface area contributed by atoms with Crippen LogP contribution < -0.4 is 10.6 Å². The number of piperidine rings is 1. The molecule has 0 aliphatic carbocycles. The number of anilines is 1. The Hall–Kier alpha value is -4.18. The smallest absolute Gasteiger partial charge is 0.334 e. The average Bonchev–Trinajstić information content (AvgIpc) is 2.90. The number of amides is 2. The number of nitrogens with one attached hydrogen (secondary N) is 2. The lowest BCUT2D eigenvalue weighted by molar-refractivity contribution is -0.140. The summed E-state index contributed by atoms with van der Waals surface area (Å²) >= 11 is 0. The summed E-state index contributed by atoms with van der Waals surface area (Å²) in [6.07, 6.45) is 2.85. The van der Waals surface area contributed by atoms with Crippen molar-refractivity contribution in [1.29, 1.82) is 0 Å². The van der Waals surface area contributed by atoms with Crippen LogP contribution in [0, 0.1) is 5.92 Å². The maximum Gasteiger partial charge on any atom is 0.334 e. The number of aliphatic carboxylic acids is 2. The van der Waals surface area contributed by atoms with Gasteiger partial charge in [-0.05, 0) is 94.1 Å². The Morgan fingerprint density at radius 3 is 2.38 bits per heavy atom. The number of carboxylic acids is 2. The fraction of sp³-hybridized carbons (Fsp3) is 0.400. The first-order valence-electron chi connectivity index (χ1n) is 13.5. The third-order valence-corrected chi connectivity index (χ3v) is 7.69. The molecular weight excluding hydrogens is 512 g/mol. The van der Waals surface area contributed by atoms with E-state index in [-0.39, 0.29) is 17.3 Å². The van der Waals surface area contributed by atoms with Gasteiger partial charge in [0.25, 0.3) is 0 Å². The zero-order chi connectivity index (χ0) is 28.8. The molecule has 5 N–H and O–H groups in total. The second-order valence-electron chi connectivity index (χ2n) is 10.4. The van der Waals surface area contributed by atoms with Gasteiger partial charge in [-0.1, -0.05) is 24.3 Å². The van der Waals surface area contributed by atoms with Crippen molar-refractivity contribution in [3.05, 3.63) is 70.9 Å². The number of urea groups is 1. The minimum absolute atomic E-state index is 0.0643. The molecule has 10 heteroatoms. The van der Waals surface area contributed by atoms with E-state index in [1.54, 1.807) is 44.2 Å². The second kappa shape index (κ2) is 12.8. The van der Waals surface area contributed by atoms with Crippen molar-refractivity contribution in [2.75, 3.05) is 31.5 Å². The van der Waals surface area contributed by atoms with Crippen LogP contribution in [0.2, 0.25) is 0 Å². The number of benzene rings is 2. The molecule has 2 heterocycles. The van der Waals surface area contributed by atoms with E-state index >= 15 is 0 Å². The number of phenolic OH excluding ortho intramolecular Hbond substituents is 1. The molecule has 4 rings (SSSR count). The summed E-state index contributed by atoms with van der Waals surface area (Å²) in [4.78, 5) is 43.2. The van der Waals surface area contributed by atoms with Gasteiger partial charge in [-0.15, -0.1) is 0 Å². The highest BCUT2D eigenvalue weighted by atomic mass is 16.4. The lowest BCUT2D eigenvalue weighted by Crippen LogP contribution is -2.36. The largest absolute Gasteiger partial charge is 0.508 e. The third kappa shape index (κ3) is 6.87. The van der Waals surface area contributed by atoms with Crippen molar-refractivity contribution in [2.45, 2.75) is 44.9 Å². The van der Waals surface area contributed by atoms with Crippen LogP contribution in [0.3, 0.4) is 0 Å². The van der Waals surface area contributed by atoms with Gasteiger partial charge in [0.2, 0.25) is 0 Å². The number of carboxylic acid groups (broad SMARTS) is 2. The zero-order valence-corrected chi connectivity index (χ0v) is 22.8. The number of allylic oxidation sites excluding steroid dienone is 1. The summed E-state index contributed by atoms with van der Waals surface area (Å²) in [5, 5.41) is 35.0. The Morgan fingerprint density at radius 1 is 1.00 bits per heavy atom. The topological polar surface area (TPSA) is 152 Å². The number of aromatic hydroxyl groups is 1. The van der Waals surface area contributed by atoms with Crippen molar-refractivity contribution < 1.29 is 29.7 Å². The number of phenols is 1. The first-order chi connectivity index (χ1) is 19.1. The number of hydrogen-bond acceptors (Lipinski definition) is 6. The predicted molar refractivity (Wildman–Crippen MR) is 152 cm³/mol. The third-order valence-electron chi connectivity index (χ3n) is 7.69. The lowest BCUT2D eigenvalue weighted by Gasteiger charge is -2.32. The first kappa shape index (κ1) is 28.8. The Balaban J connectivity index is 1.28. The van der Waals surface area contributed by atoms with Gasteiger partial charge in [0.05, 0.1) is 5.57 Å². The summed E-state index contributed by atoms with van der Waals surface area (Å²) in [5.74, 6) is -3.68. The average molecular weight is 549 g/mol. The van der Waals surface area contributed by atoms with Crippen molar-refractivity contribution >= 4 is 29.4 Å². The highest BCUT2D eigenvalue weighted by molar-refractivity contribution is 6.06. The molecule has 40 heavy (non-hydrogen) atoms. The van der Waals surface area contributed by atoms with E-state index < -0.39 is 23.8 Å². The van der Waals surface area contributed by atoms with Gasteiger partial charge < -0.3 is 30.9 Å². The molecule has 1 fully saturated rings. The number of nitrogens with zero attached hydrogens (tertiary/aromatic N) is 2. The van der Waals surface area contributed by atoms with Crippen molar-refractivity contribution in [2.24, 2.45) is 10.9 Å². The van der Waals surface area contributed by atoms with Crippen LogP contribution in [-0.2, 0) is 9.59 Å². The first-order valence-corrected chi connectivity index (χ1v) is 13.5. The lowest BCUT2D eigenvalue weighted by atomic mass is 9.75. The van der Waals surface area contributed by atoms with E-state index in [1.165, 1.54) is 5.56 Å². The van der Waals surface area contributed by atoms with Crippen molar-refractivity contribution in [1.82, 2.24) is 10.2 Å². The van der Waals surface area contributed by atoms with E-state index in [0.29, 0.717) is 35.2 Å². The normalized spacial score (nSPS) is 20.1. The number of carbonyl (C=O) groups is 3. The predicted octanol–water partition coefficient (Wildman–Crippen LogP) is 4.40. The fourth-order valence-corrected chi connectivity index (χ4v) is 5.75. The number of carbonyl (C=O) groups excluding carboxylic acids is 1. The van der Waals surface area contributed by atoms with Gasteiger partial charge in [-0.2, -0.15) is 0 Å². The molecule has 2 aliphatic heterocycles. The number of hydrogen-bond donors (Lipinski definition) is 5. The van der Waals surface area contributed by atoms with E-state index in [9.17, 15) is 29.7 Å². The van der Waals surface area contributed by atoms with Crippen LogP contribution in [-0.4, -0.2) is 70.1 Å². The number of rotatable bonds is 9. The monoisotopic (exact) mass is 548 g/mol. The molecule has 0 saturated carbocycles. The van der Waals surface area contributed by atoms with E-state index in [0.717, 1.165) is 38.9 Å². The van der Waals surface area contributed by atoms with Gasteiger partial charge in [-0.25, -0.2) is 9.59 Å². The van der Waals surface area contributed by atoms with E-state index in [1.807, 2.05) is 12.1 Å². The second-order valence-corrected chi connectivity index (χ2v) is 10.4. The summed E-state index contributed by atoms with van der Waals surface area (Å²) < 4.78 is 0. The summed E-state index contributed by atoms with van der Waals surface area (Å²) in [7, 11) is 0. The summed E-state index contributed by atoms with van der Waals surface area (Å²) in [6, 6.07) is 13.7. The fourth-order valence-electron chi connectivity index (χ4n) is 5.75. The van der Waals surface area contributed by atoms with Gasteiger partial charge in [0.15, 0.2) is 0 Å². The Kier molecular flexibility index (Phi) is 9.21. The molecule has 2 unspecified atom stereocenters.